The predicted octanol–water partition coefficient (Wildman–Crippen LogP) is 2.41. The molecule has 1 aromatic rings. The molecule has 0 spiro atoms. The number of benzene rings is 1. The lowest BCUT2D eigenvalue weighted by Gasteiger charge is -2.24. The highest BCUT2D eigenvalue weighted by Gasteiger charge is 2.20. The topological polar surface area (TPSA) is 72.5 Å². The molecule has 0 unspecified atom stereocenters. The van der Waals surface area contributed by atoms with Crippen LogP contribution in [0.1, 0.15) is 25.7 Å². The van der Waals surface area contributed by atoms with E-state index in [1.54, 1.807) is 0 Å². The maximum absolute atomic E-state index is 12.3. The summed E-state index contributed by atoms with van der Waals surface area (Å²) in [5.74, 6) is 0.260. The van der Waals surface area contributed by atoms with Crippen molar-refractivity contribution in [3.8, 4) is 5.75 Å². The molecule has 7 heteroatoms. The molecule has 0 heterocycles. The Kier molecular flexibility index (Phi) is 4.04. The van der Waals surface area contributed by atoms with E-state index in [1.807, 2.05) is 0 Å². The maximum Gasteiger partial charge on any atom is 0.488 e. The van der Waals surface area contributed by atoms with E-state index in [4.69, 9.17) is 0 Å². The van der Waals surface area contributed by atoms with Gasteiger partial charge < -0.3 is 9.50 Å². The molecule has 2 rings (SSSR count). The Balaban J connectivity index is 1.89. The van der Waals surface area contributed by atoms with Crippen LogP contribution in [-0.2, 0) is 15.3 Å². The number of hydrogen-bond acceptors (Lipinski definition) is 4. The third kappa shape index (κ3) is 4.51. The van der Waals surface area contributed by atoms with E-state index in [0.717, 1.165) is 12.8 Å². The number of anilines is 1. The van der Waals surface area contributed by atoms with Gasteiger partial charge in [0.1, 0.15) is 5.75 Å². The van der Waals surface area contributed by atoms with E-state index < -0.39 is 10.5 Å². The number of hydrogen-bond donors (Lipinski definition) is 1. The second-order valence-electron chi connectivity index (χ2n) is 4.55. The minimum atomic E-state index is -5.01. The molecule has 1 amide bonds. The Hall–Kier alpha value is -1.63. The van der Waals surface area contributed by atoms with Crippen LogP contribution >= 0.6 is 0 Å². The zero-order chi connectivity index (χ0) is 13.9. The van der Waals surface area contributed by atoms with Crippen LogP contribution in [0, 0.1) is 5.92 Å². The predicted molar refractivity (Wildman–Crippen MR) is 67.7 cm³/mol. The molecular formula is C12H14FNO4S. The van der Waals surface area contributed by atoms with Crippen LogP contribution in [0.4, 0.5) is 9.57 Å². The van der Waals surface area contributed by atoms with E-state index in [2.05, 4.69) is 9.50 Å². The highest BCUT2D eigenvalue weighted by molar-refractivity contribution is 7.81. The third-order valence-electron chi connectivity index (χ3n) is 3.03. The summed E-state index contributed by atoms with van der Waals surface area (Å²) in [5, 5.41) is 2.69. The Labute approximate surface area is 111 Å². The van der Waals surface area contributed by atoms with Crippen LogP contribution in [0.5, 0.6) is 5.75 Å². The highest BCUT2D eigenvalue weighted by Crippen LogP contribution is 2.29. The van der Waals surface area contributed by atoms with Crippen LogP contribution in [0.25, 0.3) is 0 Å². The van der Waals surface area contributed by atoms with Crippen LogP contribution in [0.2, 0.25) is 0 Å². The van der Waals surface area contributed by atoms with Gasteiger partial charge >= 0.3 is 10.5 Å². The van der Waals surface area contributed by atoms with Gasteiger partial charge in [-0.05, 0) is 43.0 Å². The van der Waals surface area contributed by atoms with Crippen molar-refractivity contribution in [3.63, 3.8) is 0 Å². The molecule has 1 saturated carbocycles. The number of carbonyl (C=O) groups is 1. The molecule has 1 aliphatic rings. The van der Waals surface area contributed by atoms with Crippen molar-refractivity contribution in [2.75, 3.05) is 5.32 Å². The largest absolute Gasteiger partial charge is 0.488 e. The summed E-state index contributed by atoms with van der Waals surface area (Å²) in [7, 11) is -5.01. The summed E-state index contributed by atoms with van der Waals surface area (Å²) < 4.78 is 36.8. The average molecular weight is 287 g/mol. The lowest BCUT2D eigenvalue weighted by atomic mass is 9.83. The summed E-state index contributed by atoms with van der Waals surface area (Å²) in [6.45, 7) is 0. The van der Waals surface area contributed by atoms with Crippen molar-refractivity contribution >= 4 is 22.1 Å². The van der Waals surface area contributed by atoms with Gasteiger partial charge in [-0.1, -0.05) is 10.3 Å². The molecule has 1 fully saturated rings. The van der Waals surface area contributed by atoms with Gasteiger partial charge in [0.15, 0.2) is 0 Å². The molecule has 5 nitrogen and oxygen atoms in total. The number of rotatable bonds is 5. The molecule has 1 aromatic carbocycles. The summed E-state index contributed by atoms with van der Waals surface area (Å²) >= 11 is 0. The summed E-state index contributed by atoms with van der Waals surface area (Å²) in [6, 6.07) is 5.46. The summed E-state index contributed by atoms with van der Waals surface area (Å²) in [4.78, 5) is 11.6. The molecule has 19 heavy (non-hydrogen) atoms. The van der Waals surface area contributed by atoms with Crippen LogP contribution in [0.3, 0.4) is 0 Å². The Morgan fingerprint density at radius 1 is 1.32 bits per heavy atom. The lowest BCUT2D eigenvalue weighted by Crippen LogP contribution is -2.20. The number of halogens is 1. The number of amides is 1. The molecule has 104 valence electrons. The first-order valence-electron chi connectivity index (χ1n) is 5.96. The van der Waals surface area contributed by atoms with Crippen LogP contribution in [-0.4, -0.2) is 14.3 Å². The van der Waals surface area contributed by atoms with E-state index in [1.165, 1.54) is 30.7 Å². The van der Waals surface area contributed by atoms with E-state index in [9.17, 15) is 17.1 Å². The molecular weight excluding hydrogens is 273 g/mol. The van der Waals surface area contributed by atoms with Crippen molar-refractivity contribution in [1.82, 2.24) is 0 Å². The average Bonchev–Trinajstić information content (AvgIpc) is 2.24. The molecule has 1 aliphatic carbocycles. The van der Waals surface area contributed by atoms with Gasteiger partial charge in [-0.25, -0.2) is 0 Å². The fourth-order valence-corrected chi connectivity index (χ4v) is 2.22. The first-order chi connectivity index (χ1) is 8.92. The number of carbonyl (C=O) groups excluding carboxylic acids is 1. The Bertz CT molecular complexity index is 552. The standard InChI is InChI=1S/C12H14FNO4S/c13-19(16,17)18-11-6-4-10(5-7-11)14-12(15)8-9-2-1-3-9/h4-7,9H,1-3,8H2,(H,14,15). The monoisotopic (exact) mass is 287 g/mol. The van der Waals surface area contributed by atoms with Gasteiger partial charge in [0.05, 0.1) is 0 Å². The summed E-state index contributed by atoms with van der Waals surface area (Å²) in [6.07, 6.45) is 3.86. The zero-order valence-corrected chi connectivity index (χ0v) is 11.0. The highest BCUT2D eigenvalue weighted by atomic mass is 32.3. The van der Waals surface area contributed by atoms with Crippen molar-refractivity contribution in [2.24, 2.45) is 5.92 Å². The van der Waals surface area contributed by atoms with Gasteiger partial charge in [-0.3, -0.25) is 4.79 Å². The smallest absolute Gasteiger partial charge is 0.358 e. The third-order valence-corrected chi connectivity index (χ3v) is 3.42. The van der Waals surface area contributed by atoms with Gasteiger partial charge in [0.2, 0.25) is 5.91 Å². The Morgan fingerprint density at radius 2 is 1.95 bits per heavy atom. The van der Waals surface area contributed by atoms with Gasteiger partial charge in [-0.15, -0.1) is 0 Å². The van der Waals surface area contributed by atoms with E-state index >= 15 is 0 Å². The Morgan fingerprint density at radius 3 is 2.42 bits per heavy atom. The van der Waals surface area contributed by atoms with Crippen LogP contribution in [0.15, 0.2) is 24.3 Å². The molecule has 0 atom stereocenters. The molecule has 0 aromatic heterocycles. The normalized spacial score (nSPS) is 15.6. The molecule has 0 saturated heterocycles. The van der Waals surface area contributed by atoms with Crippen molar-refractivity contribution in [1.29, 1.82) is 0 Å². The first-order valence-corrected chi connectivity index (χ1v) is 7.27. The summed E-state index contributed by atoms with van der Waals surface area (Å²) in [5.41, 5.74) is 0.521. The quantitative estimate of drug-likeness (QED) is 0.844. The minimum Gasteiger partial charge on any atom is -0.358 e. The molecule has 0 aliphatic heterocycles. The first kappa shape index (κ1) is 13.8. The molecule has 0 bridgehead atoms. The van der Waals surface area contributed by atoms with Crippen molar-refractivity contribution in [3.05, 3.63) is 24.3 Å². The fourth-order valence-electron chi connectivity index (χ4n) is 1.88. The van der Waals surface area contributed by atoms with E-state index in [0.29, 0.717) is 18.0 Å². The van der Waals surface area contributed by atoms with Gasteiger partial charge in [-0.2, -0.15) is 8.42 Å². The second-order valence-corrected chi connectivity index (χ2v) is 5.50. The van der Waals surface area contributed by atoms with Gasteiger partial charge in [0, 0.05) is 12.1 Å². The van der Waals surface area contributed by atoms with Crippen molar-refractivity contribution < 1.29 is 21.3 Å². The van der Waals surface area contributed by atoms with Gasteiger partial charge in [0.25, 0.3) is 0 Å². The zero-order valence-electron chi connectivity index (χ0n) is 10.1. The minimum absolute atomic E-state index is 0.0727. The molecule has 0 radical (unpaired) electrons. The SMILES string of the molecule is O=C(CC1CCC1)Nc1ccc(OS(=O)(=O)F)cc1. The van der Waals surface area contributed by atoms with Crippen LogP contribution < -0.4 is 9.50 Å². The number of nitrogens with one attached hydrogen (secondary N) is 1. The van der Waals surface area contributed by atoms with Crippen molar-refractivity contribution in [2.45, 2.75) is 25.7 Å². The van der Waals surface area contributed by atoms with E-state index in [-0.39, 0.29) is 11.7 Å². The maximum atomic E-state index is 12.3. The fraction of sp³-hybridized carbons (Fsp3) is 0.417. The molecule has 1 N–H and O–H groups in total. The second kappa shape index (κ2) is 5.56. The lowest BCUT2D eigenvalue weighted by molar-refractivity contribution is -0.117.